The maximum atomic E-state index is 12.2. The summed E-state index contributed by atoms with van der Waals surface area (Å²) < 4.78 is 46.9. The lowest BCUT2D eigenvalue weighted by atomic mass is 10.1. The van der Waals surface area contributed by atoms with Gasteiger partial charge >= 0.3 is 5.51 Å². The Morgan fingerprint density at radius 3 is 2.20 bits per heavy atom. The molecule has 0 aliphatic rings. The van der Waals surface area contributed by atoms with E-state index in [1.165, 1.54) is 20.3 Å². The van der Waals surface area contributed by atoms with Crippen molar-refractivity contribution in [2.75, 3.05) is 20.8 Å². The molecule has 0 atom stereocenters. The highest BCUT2D eigenvalue weighted by atomic mass is 35.5. The summed E-state index contributed by atoms with van der Waals surface area (Å²) in [5.41, 5.74) is 1.98. The average Bonchev–Trinajstić information content (AvgIpc) is 2.36. The molecule has 0 aromatic heterocycles. The first-order valence-electron chi connectivity index (χ1n) is 5.28. The van der Waals surface area contributed by atoms with Gasteiger partial charge in [-0.05, 0) is 41.5 Å². The third kappa shape index (κ3) is 5.90. The van der Waals surface area contributed by atoms with Gasteiger partial charge in [-0.3, -0.25) is 0 Å². The number of alkyl halides is 3. The molecule has 0 unspecified atom stereocenters. The molecule has 0 fully saturated rings. The van der Waals surface area contributed by atoms with Gasteiger partial charge in [0.1, 0.15) is 11.5 Å². The number of hydrogen-bond donors (Lipinski definition) is 1. The van der Waals surface area contributed by atoms with Crippen molar-refractivity contribution >= 4 is 34.0 Å². The van der Waals surface area contributed by atoms with Crippen molar-refractivity contribution in [3.05, 3.63) is 17.7 Å². The Bertz CT molecular complexity index is 433. The third-order valence-corrected chi connectivity index (χ3v) is 4.33. The maximum Gasteiger partial charge on any atom is 0.452 e. The minimum absolute atomic E-state index is 0. The largest absolute Gasteiger partial charge is 0.496 e. The summed E-state index contributed by atoms with van der Waals surface area (Å²) in [4.78, 5) is 0.363. The molecule has 9 heteroatoms. The predicted octanol–water partition coefficient (Wildman–Crippen LogP) is 3.89. The van der Waals surface area contributed by atoms with Crippen LogP contribution in [0.2, 0.25) is 0 Å². The van der Waals surface area contributed by atoms with Crippen molar-refractivity contribution in [2.24, 2.45) is 5.73 Å². The number of rotatable bonds is 6. The van der Waals surface area contributed by atoms with Gasteiger partial charge < -0.3 is 15.2 Å². The molecule has 1 rings (SSSR count). The summed E-state index contributed by atoms with van der Waals surface area (Å²) in [6.45, 7) is 0.420. The van der Waals surface area contributed by atoms with E-state index in [0.29, 0.717) is 40.2 Å². The zero-order valence-electron chi connectivity index (χ0n) is 10.8. The zero-order chi connectivity index (χ0) is 14.5. The van der Waals surface area contributed by atoms with E-state index in [0.717, 1.165) is 5.56 Å². The van der Waals surface area contributed by atoms with Gasteiger partial charge in [0.15, 0.2) is 0 Å². The fourth-order valence-electron chi connectivity index (χ4n) is 1.44. The molecular formula is C11H15ClF3NO2S2. The molecule has 2 N–H and O–H groups in total. The first-order chi connectivity index (χ1) is 8.91. The van der Waals surface area contributed by atoms with Crippen molar-refractivity contribution < 1.29 is 22.6 Å². The smallest absolute Gasteiger partial charge is 0.452 e. The molecule has 0 saturated carbocycles. The van der Waals surface area contributed by atoms with E-state index in [2.05, 4.69) is 0 Å². The Hall–Kier alpha value is -0.440. The normalized spacial score (nSPS) is 10.9. The molecule has 0 heterocycles. The van der Waals surface area contributed by atoms with E-state index in [1.54, 1.807) is 6.07 Å². The first-order valence-corrected chi connectivity index (χ1v) is 7.43. The van der Waals surface area contributed by atoms with Crippen LogP contribution in [0.5, 0.6) is 11.5 Å². The summed E-state index contributed by atoms with van der Waals surface area (Å²) in [7, 11) is 3.28. The minimum atomic E-state index is -4.31. The van der Waals surface area contributed by atoms with Gasteiger partial charge in [0.25, 0.3) is 0 Å². The summed E-state index contributed by atoms with van der Waals surface area (Å²) in [5, 5.41) is 0. The quantitative estimate of drug-likeness (QED) is 0.789. The van der Waals surface area contributed by atoms with Crippen molar-refractivity contribution in [1.82, 2.24) is 0 Å². The van der Waals surface area contributed by atoms with Crippen LogP contribution in [0.3, 0.4) is 0 Å². The van der Waals surface area contributed by atoms with Crippen LogP contribution in [0.1, 0.15) is 5.56 Å². The van der Waals surface area contributed by atoms with Crippen LogP contribution < -0.4 is 15.2 Å². The topological polar surface area (TPSA) is 44.5 Å². The molecule has 20 heavy (non-hydrogen) atoms. The fourth-order valence-corrected chi connectivity index (χ4v) is 2.95. The Balaban J connectivity index is 0.00000361. The number of hydrogen-bond acceptors (Lipinski definition) is 5. The van der Waals surface area contributed by atoms with Crippen LogP contribution in [0.15, 0.2) is 17.0 Å². The van der Waals surface area contributed by atoms with Crippen molar-refractivity contribution in [2.45, 2.75) is 16.8 Å². The predicted molar refractivity (Wildman–Crippen MR) is 79.1 cm³/mol. The number of nitrogens with two attached hydrogens (primary N) is 1. The average molecular weight is 350 g/mol. The lowest BCUT2D eigenvalue weighted by Gasteiger charge is -2.14. The van der Waals surface area contributed by atoms with Crippen LogP contribution in [-0.2, 0) is 6.42 Å². The highest BCUT2D eigenvalue weighted by Gasteiger charge is 2.30. The lowest BCUT2D eigenvalue weighted by Crippen LogP contribution is -2.05. The SMILES string of the molecule is COc1cc(SSC(F)(F)F)c(OC)cc1CCN.Cl. The van der Waals surface area contributed by atoms with Crippen LogP contribution in [-0.4, -0.2) is 26.3 Å². The molecule has 0 aliphatic carbocycles. The van der Waals surface area contributed by atoms with E-state index in [1.807, 2.05) is 0 Å². The van der Waals surface area contributed by atoms with Crippen LogP contribution in [0.25, 0.3) is 0 Å². The summed E-state index contributed by atoms with van der Waals surface area (Å²) in [6, 6.07) is 3.19. The van der Waals surface area contributed by atoms with E-state index < -0.39 is 5.51 Å². The molecule has 0 radical (unpaired) electrons. The lowest BCUT2D eigenvalue weighted by molar-refractivity contribution is -0.0311. The van der Waals surface area contributed by atoms with Crippen molar-refractivity contribution in [3.63, 3.8) is 0 Å². The van der Waals surface area contributed by atoms with Crippen molar-refractivity contribution in [3.8, 4) is 11.5 Å². The van der Waals surface area contributed by atoms with Gasteiger partial charge in [0.2, 0.25) is 0 Å². The molecule has 0 amide bonds. The molecule has 3 nitrogen and oxygen atoms in total. The van der Waals surface area contributed by atoms with E-state index in [-0.39, 0.29) is 23.2 Å². The highest BCUT2D eigenvalue weighted by Crippen LogP contribution is 2.48. The molecular weight excluding hydrogens is 335 g/mol. The summed E-state index contributed by atoms with van der Waals surface area (Å²) >= 11 is 0. The Morgan fingerprint density at radius 2 is 1.75 bits per heavy atom. The second-order valence-electron chi connectivity index (χ2n) is 3.47. The first kappa shape index (κ1) is 19.6. The monoisotopic (exact) mass is 349 g/mol. The number of halogens is 4. The maximum absolute atomic E-state index is 12.2. The standard InChI is InChI=1S/C11H14F3NO2S2.ClH/c1-16-8-6-10(18-19-11(12,13)14)9(17-2)5-7(8)3-4-15;/h5-6H,3-4,15H2,1-2H3;1H. The molecule has 0 spiro atoms. The minimum Gasteiger partial charge on any atom is -0.496 e. The number of methoxy groups -OCH3 is 2. The number of ether oxygens (including phenoxy) is 2. The van der Waals surface area contributed by atoms with E-state index in [4.69, 9.17) is 15.2 Å². The van der Waals surface area contributed by atoms with Crippen LogP contribution in [0.4, 0.5) is 13.2 Å². The Morgan fingerprint density at radius 1 is 1.15 bits per heavy atom. The molecule has 116 valence electrons. The number of benzene rings is 1. The third-order valence-electron chi connectivity index (χ3n) is 2.21. The highest BCUT2D eigenvalue weighted by molar-refractivity contribution is 8.77. The van der Waals surface area contributed by atoms with Crippen LogP contribution >= 0.6 is 34.0 Å². The van der Waals surface area contributed by atoms with Gasteiger partial charge in [-0.25, -0.2) is 0 Å². The molecule has 1 aromatic rings. The van der Waals surface area contributed by atoms with E-state index in [9.17, 15) is 13.2 Å². The second kappa shape index (κ2) is 8.76. The summed E-state index contributed by atoms with van der Waals surface area (Å²) in [5.74, 6) is 0.891. The summed E-state index contributed by atoms with van der Waals surface area (Å²) in [6.07, 6.45) is 0.566. The zero-order valence-corrected chi connectivity index (χ0v) is 13.3. The fraction of sp³-hybridized carbons (Fsp3) is 0.455. The van der Waals surface area contributed by atoms with Gasteiger partial charge in [-0.2, -0.15) is 13.2 Å². The van der Waals surface area contributed by atoms with Gasteiger partial charge in [-0.1, -0.05) is 0 Å². The molecule has 0 bridgehead atoms. The molecule has 0 aliphatic heterocycles. The van der Waals surface area contributed by atoms with Gasteiger partial charge in [-0.15, -0.1) is 12.4 Å². The van der Waals surface area contributed by atoms with Crippen LogP contribution in [0, 0.1) is 0 Å². The van der Waals surface area contributed by atoms with E-state index >= 15 is 0 Å². The van der Waals surface area contributed by atoms with Crippen molar-refractivity contribution in [1.29, 1.82) is 0 Å². The Labute approximate surface area is 129 Å². The molecule has 0 saturated heterocycles. The van der Waals surface area contributed by atoms with Gasteiger partial charge in [0, 0.05) is 10.8 Å². The van der Waals surface area contributed by atoms with Gasteiger partial charge in [0.05, 0.1) is 19.1 Å². The Kier molecular flexibility index (Phi) is 8.57. The second-order valence-corrected chi connectivity index (χ2v) is 5.70. The molecule has 1 aromatic carbocycles.